The zero-order valence-corrected chi connectivity index (χ0v) is 9.74. The summed E-state index contributed by atoms with van der Waals surface area (Å²) >= 11 is 3.17. The molecule has 2 heterocycles. The molecule has 0 aliphatic carbocycles. The Morgan fingerprint density at radius 1 is 1.62 bits per heavy atom. The molecule has 0 radical (unpaired) electrons. The number of furan rings is 1. The van der Waals surface area contributed by atoms with Crippen molar-refractivity contribution in [2.45, 2.75) is 0 Å². The number of nitrogens with zero attached hydrogens (tertiary/aromatic N) is 2. The van der Waals surface area contributed by atoms with Gasteiger partial charge in [0, 0.05) is 11.5 Å². The van der Waals surface area contributed by atoms with Crippen molar-refractivity contribution in [3.8, 4) is 6.07 Å². The molecule has 6 heteroatoms. The first-order chi connectivity index (χ1) is 7.65. The molecule has 0 amide bonds. The van der Waals surface area contributed by atoms with Crippen molar-refractivity contribution in [1.82, 2.24) is 4.98 Å². The van der Waals surface area contributed by atoms with E-state index < -0.39 is 5.97 Å². The van der Waals surface area contributed by atoms with Crippen LogP contribution in [0.3, 0.4) is 0 Å². The fourth-order valence-electron chi connectivity index (χ4n) is 1.31. The molecule has 2 rings (SSSR count). The first-order valence-corrected chi connectivity index (χ1v) is 5.03. The highest BCUT2D eigenvalue weighted by Gasteiger charge is 2.17. The van der Waals surface area contributed by atoms with Crippen LogP contribution >= 0.6 is 15.9 Å². The first kappa shape index (κ1) is 10.6. The third-order valence-electron chi connectivity index (χ3n) is 1.96. The lowest BCUT2D eigenvalue weighted by Gasteiger charge is -1.99. The van der Waals surface area contributed by atoms with Gasteiger partial charge in [-0.05, 0) is 22.0 Å². The maximum absolute atomic E-state index is 11.4. The number of methoxy groups -OCH3 is 1. The summed E-state index contributed by atoms with van der Waals surface area (Å²) in [4.78, 5) is 15.4. The van der Waals surface area contributed by atoms with Crippen LogP contribution in [-0.2, 0) is 4.74 Å². The lowest BCUT2D eigenvalue weighted by molar-refractivity contribution is 0.0595. The molecule has 5 nitrogen and oxygen atoms in total. The average Bonchev–Trinajstić information content (AvgIpc) is 2.69. The van der Waals surface area contributed by atoms with E-state index in [2.05, 4.69) is 25.7 Å². The van der Waals surface area contributed by atoms with E-state index in [9.17, 15) is 4.79 Å². The van der Waals surface area contributed by atoms with Gasteiger partial charge in [0.15, 0.2) is 11.3 Å². The van der Waals surface area contributed by atoms with Crippen LogP contribution in [0.15, 0.2) is 21.2 Å². The fraction of sp³-hybridized carbons (Fsp3) is 0.100. The van der Waals surface area contributed by atoms with Gasteiger partial charge in [0.1, 0.15) is 10.7 Å². The highest BCUT2D eigenvalue weighted by Crippen LogP contribution is 2.25. The lowest BCUT2D eigenvalue weighted by atomic mass is 10.2. The van der Waals surface area contributed by atoms with Gasteiger partial charge >= 0.3 is 5.97 Å². The van der Waals surface area contributed by atoms with Crippen molar-refractivity contribution in [1.29, 1.82) is 5.26 Å². The minimum atomic E-state index is -0.606. The van der Waals surface area contributed by atoms with Crippen molar-refractivity contribution in [3.63, 3.8) is 0 Å². The van der Waals surface area contributed by atoms with Crippen molar-refractivity contribution >= 4 is 32.9 Å². The third-order valence-corrected chi connectivity index (χ3v) is 2.36. The number of hydrogen-bond donors (Lipinski definition) is 0. The average molecular weight is 281 g/mol. The fourth-order valence-corrected chi connectivity index (χ4v) is 1.73. The van der Waals surface area contributed by atoms with Crippen LogP contribution < -0.4 is 0 Å². The number of carbonyl (C=O) groups is 1. The van der Waals surface area contributed by atoms with Crippen LogP contribution in [0.1, 0.15) is 16.2 Å². The van der Waals surface area contributed by atoms with Crippen LogP contribution in [0, 0.1) is 11.3 Å². The summed E-state index contributed by atoms with van der Waals surface area (Å²) in [5.41, 5.74) is 0.306. The predicted octanol–water partition coefficient (Wildman–Crippen LogP) is 2.25. The van der Waals surface area contributed by atoms with Crippen LogP contribution in [0.2, 0.25) is 0 Å². The topological polar surface area (TPSA) is 76.1 Å². The third kappa shape index (κ3) is 1.66. The normalized spacial score (nSPS) is 10.1. The van der Waals surface area contributed by atoms with Crippen molar-refractivity contribution in [3.05, 3.63) is 28.2 Å². The molecule has 2 aromatic heterocycles. The first-order valence-electron chi connectivity index (χ1n) is 4.24. The molecule has 16 heavy (non-hydrogen) atoms. The molecular weight excluding hydrogens is 276 g/mol. The number of carbonyl (C=O) groups excluding carboxylic acids is 1. The second-order valence-electron chi connectivity index (χ2n) is 2.93. The molecule has 0 bridgehead atoms. The molecule has 0 atom stereocenters. The molecule has 0 aromatic carbocycles. The molecule has 0 saturated carbocycles. The second-order valence-corrected chi connectivity index (χ2v) is 3.74. The number of fused-ring (bicyclic) bond motifs is 1. The SMILES string of the molecule is COC(=O)c1nc(Br)cc2cc(C#N)oc12. The molecular formula is C10H5BrN2O3. The van der Waals surface area contributed by atoms with E-state index in [-0.39, 0.29) is 17.0 Å². The molecule has 0 fully saturated rings. The predicted molar refractivity (Wildman–Crippen MR) is 57.8 cm³/mol. The number of rotatable bonds is 1. The molecule has 80 valence electrons. The van der Waals surface area contributed by atoms with E-state index in [1.807, 2.05) is 6.07 Å². The monoisotopic (exact) mass is 280 g/mol. The van der Waals surface area contributed by atoms with E-state index in [0.717, 1.165) is 0 Å². The summed E-state index contributed by atoms with van der Waals surface area (Å²) in [6, 6.07) is 5.05. The van der Waals surface area contributed by atoms with Crippen molar-refractivity contribution in [2.75, 3.05) is 7.11 Å². The van der Waals surface area contributed by atoms with E-state index in [4.69, 9.17) is 9.68 Å². The van der Waals surface area contributed by atoms with Gasteiger partial charge in [0.05, 0.1) is 7.11 Å². The standard InChI is InChI=1S/C10H5BrN2O3/c1-15-10(14)8-9-5(3-7(11)13-8)2-6(4-12)16-9/h2-3H,1H3. The van der Waals surface area contributed by atoms with Gasteiger partial charge in [-0.1, -0.05) is 0 Å². The summed E-state index contributed by atoms with van der Waals surface area (Å²) in [6.45, 7) is 0. The summed E-state index contributed by atoms with van der Waals surface area (Å²) in [6.07, 6.45) is 0. The molecule has 0 aliphatic heterocycles. The Kier molecular flexibility index (Phi) is 2.62. The van der Waals surface area contributed by atoms with Gasteiger partial charge in [-0.3, -0.25) is 0 Å². The number of hydrogen-bond acceptors (Lipinski definition) is 5. The van der Waals surface area contributed by atoms with Gasteiger partial charge < -0.3 is 9.15 Å². The number of ether oxygens (including phenoxy) is 1. The summed E-state index contributed by atoms with van der Waals surface area (Å²) < 4.78 is 10.2. The number of aromatic nitrogens is 1. The van der Waals surface area contributed by atoms with Crippen molar-refractivity contribution in [2.24, 2.45) is 0 Å². The van der Waals surface area contributed by atoms with Crippen LogP contribution in [0.25, 0.3) is 11.0 Å². The Morgan fingerprint density at radius 3 is 3.00 bits per heavy atom. The molecule has 0 N–H and O–H groups in total. The molecule has 0 spiro atoms. The highest BCUT2D eigenvalue weighted by molar-refractivity contribution is 9.10. The summed E-state index contributed by atoms with van der Waals surface area (Å²) in [5.74, 6) is -0.481. The van der Waals surface area contributed by atoms with Gasteiger partial charge in [-0.25, -0.2) is 9.78 Å². The highest BCUT2D eigenvalue weighted by atomic mass is 79.9. The van der Waals surface area contributed by atoms with Gasteiger partial charge in [0.25, 0.3) is 0 Å². The smallest absolute Gasteiger partial charge is 0.360 e. The number of esters is 1. The Morgan fingerprint density at radius 2 is 2.38 bits per heavy atom. The zero-order chi connectivity index (χ0) is 11.7. The minimum Gasteiger partial charge on any atom is -0.464 e. The van der Waals surface area contributed by atoms with Crippen LogP contribution in [-0.4, -0.2) is 18.1 Å². The molecule has 0 saturated heterocycles. The maximum Gasteiger partial charge on any atom is 0.360 e. The van der Waals surface area contributed by atoms with Crippen molar-refractivity contribution < 1.29 is 13.9 Å². The summed E-state index contributed by atoms with van der Waals surface area (Å²) in [5, 5.41) is 9.33. The van der Waals surface area contributed by atoms with Gasteiger partial charge in [-0.2, -0.15) is 5.26 Å². The Hall–Kier alpha value is -1.87. The Bertz CT molecular complexity index is 612. The second kappa shape index (κ2) is 3.94. The number of halogens is 1. The van der Waals surface area contributed by atoms with Gasteiger partial charge in [-0.15, -0.1) is 0 Å². The molecule has 0 unspecified atom stereocenters. The van der Waals surface area contributed by atoms with E-state index >= 15 is 0 Å². The molecule has 0 aliphatic rings. The lowest BCUT2D eigenvalue weighted by Crippen LogP contribution is -2.04. The quantitative estimate of drug-likeness (QED) is 0.592. The largest absolute Gasteiger partial charge is 0.464 e. The van der Waals surface area contributed by atoms with E-state index in [1.54, 1.807) is 6.07 Å². The van der Waals surface area contributed by atoms with Gasteiger partial charge in [0.2, 0.25) is 5.76 Å². The van der Waals surface area contributed by atoms with E-state index in [1.165, 1.54) is 13.2 Å². The minimum absolute atomic E-state index is 0.0494. The molecule has 2 aromatic rings. The number of nitriles is 1. The Labute approximate surface area is 98.8 Å². The van der Waals surface area contributed by atoms with E-state index in [0.29, 0.717) is 9.99 Å². The zero-order valence-electron chi connectivity index (χ0n) is 8.15. The number of pyridine rings is 1. The van der Waals surface area contributed by atoms with Crippen LogP contribution in [0.5, 0.6) is 0 Å². The Balaban J connectivity index is 2.77. The maximum atomic E-state index is 11.4. The van der Waals surface area contributed by atoms with Crippen LogP contribution in [0.4, 0.5) is 0 Å². The summed E-state index contributed by atoms with van der Waals surface area (Å²) in [7, 11) is 1.25.